The zero-order chi connectivity index (χ0) is 9.54. The van der Waals surface area contributed by atoms with E-state index in [0.29, 0.717) is 0 Å². The number of ether oxygens (including phenoxy) is 1. The van der Waals surface area contributed by atoms with E-state index in [1.807, 2.05) is 31.2 Å². The van der Waals surface area contributed by atoms with Crippen LogP contribution in [0.25, 0.3) is 0 Å². The molecule has 0 aliphatic carbocycles. The summed E-state index contributed by atoms with van der Waals surface area (Å²) >= 11 is 0. The van der Waals surface area contributed by atoms with Gasteiger partial charge in [0.15, 0.2) is 6.10 Å². The zero-order valence-electron chi connectivity index (χ0n) is 7.93. The lowest BCUT2D eigenvalue weighted by Gasteiger charge is -2.21. The van der Waals surface area contributed by atoms with Gasteiger partial charge in [-0.1, -0.05) is 23.4 Å². The van der Waals surface area contributed by atoms with Crippen LogP contribution < -0.4 is 4.74 Å². The number of benzene rings is 1. The first-order chi connectivity index (χ1) is 6.84. The van der Waals surface area contributed by atoms with Crippen molar-refractivity contribution in [2.24, 2.45) is 5.16 Å². The van der Waals surface area contributed by atoms with Crippen LogP contribution in [0.5, 0.6) is 5.75 Å². The molecule has 0 aromatic heterocycles. The SMILES string of the molecule is CC1=NO[C@@H]2c3ccccc3OC2C1. The van der Waals surface area contributed by atoms with Crippen LogP contribution in [0.1, 0.15) is 25.0 Å². The van der Waals surface area contributed by atoms with Crippen molar-refractivity contribution in [2.75, 3.05) is 0 Å². The first kappa shape index (κ1) is 7.85. The van der Waals surface area contributed by atoms with Crippen LogP contribution in [0.2, 0.25) is 0 Å². The predicted octanol–water partition coefficient (Wildman–Crippen LogP) is 2.28. The average molecular weight is 189 g/mol. The first-order valence-corrected chi connectivity index (χ1v) is 4.79. The lowest BCUT2D eigenvalue weighted by molar-refractivity contribution is -0.0125. The Bertz CT molecular complexity index is 400. The minimum Gasteiger partial charge on any atom is -0.485 e. The van der Waals surface area contributed by atoms with E-state index >= 15 is 0 Å². The normalized spacial score (nSPS) is 28.2. The second-order valence-electron chi connectivity index (χ2n) is 3.75. The van der Waals surface area contributed by atoms with Gasteiger partial charge in [-0.2, -0.15) is 0 Å². The van der Waals surface area contributed by atoms with Gasteiger partial charge < -0.3 is 9.57 Å². The fraction of sp³-hybridized carbons (Fsp3) is 0.364. The molecule has 0 N–H and O–H groups in total. The number of hydrogen-bond acceptors (Lipinski definition) is 3. The van der Waals surface area contributed by atoms with E-state index in [1.165, 1.54) is 0 Å². The highest BCUT2D eigenvalue weighted by molar-refractivity contribution is 5.82. The zero-order valence-corrected chi connectivity index (χ0v) is 7.93. The predicted molar refractivity (Wildman–Crippen MR) is 52.4 cm³/mol. The van der Waals surface area contributed by atoms with Gasteiger partial charge in [0.1, 0.15) is 11.9 Å². The smallest absolute Gasteiger partial charge is 0.193 e. The molecule has 2 aliphatic rings. The van der Waals surface area contributed by atoms with E-state index in [2.05, 4.69) is 5.16 Å². The number of fused-ring (bicyclic) bond motifs is 3. The number of hydrogen-bond donors (Lipinski definition) is 0. The van der Waals surface area contributed by atoms with Crippen molar-refractivity contribution in [3.05, 3.63) is 29.8 Å². The summed E-state index contributed by atoms with van der Waals surface area (Å²) in [5.41, 5.74) is 2.12. The molecule has 3 rings (SSSR count). The van der Waals surface area contributed by atoms with Gasteiger partial charge in [-0.25, -0.2) is 0 Å². The molecule has 0 amide bonds. The summed E-state index contributed by atoms with van der Waals surface area (Å²) in [5, 5.41) is 4.01. The maximum absolute atomic E-state index is 5.78. The average Bonchev–Trinajstić information content (AvgIpc) is 2.54. The molecule has 0 fully saturated rings. The standard InChI is InChI=1S/C11H11NO2/c1-7-6-10-11(14-12-7)8-4-2-3-5-9(8)13-10/h2-5,10-11H,6H2,1H3/t10?,11-/m1/s1. The largest absolute Gasteiger partial charge is 0.485 e. The van der Waals surface area contributed by atoms with Crippen molar-refractivity contribution in [1.82, 2.24) is 0 Å². The molecule has 1 aromatic carbocycles. The van der Waals surface area contributed by atoms with Crippen LogP contribution in [0.4, 0.5) is 0 Å². The van der Waals surface area contributed by atoms with Crippen LogP contribution in [0.15, 0.2) is 29.4 Å². The summed E-state index contributed by atoms with van der Waals surface area (Å²) in [7, 11) is 0. The van der Waals surface area contributed by atoms with E-state index in [0.717, 1.165) is 23.4 Å². The molecule has 2 aliphatic heterocycles. The molecule has 2 atom stereocenters. The topological polar surface area (TPSA) is 30.8 Å². The molecular weight excluding hydrogens is 178 g/mol. The quantitative estimate of drug-likeness (QED) is 0.627. The molecule has 14 heavy (non-hydrogen) atoms. The summed E-state index contributed by atoms with van der Waals surface area (Å²) in [5.74, 6) is 0.937. The summed E-state index contributed by atoms with van der Waals surface area (Å²) in [4.78, 5) is 5.40. The highest BCUT2D eigenvalue weighted by atomic mass is 16.7. The van der Waals surface area contributed by atoms with E-state index < -0.39 is 0 Å². The van der Waals surface area contributed by atoms with E-state index in [9.17, 15) is 0 Å². The molecular formula is C11H11NO2. The van der Waals surface area contributed by atoms with Gasteiger partial charge in [-0.3, -0.25) is 0 Å². The minimum atomic E-state index is -0.00472. The maximum atomic E-state index is 5.78. The second kappa shape index (κ2) is 2.74. The highest BCUT2D eigenvalue weighted by Crippen LogP contribution is 2.41. The fourth-order valence-electron chi connectivity index (χ4n) is 2.00. The van der Waals surface area contributed by atoms with Crippen LogP contribution >= 0.6 is 0 Å². The summed E-state index contributed by atoms with van der Waals surface area (Å²) in [6, 6.07) is 7.99. The van der Waals surface area contributed by atoms with Gasteiger partial charge >= 0.3 is 0 Å². The Balaban J connectivity index is 2.00. The van der Waals surface area contributed by atoms with Crippen LogP contribution in [-0.2, 0) is 4.84 Å². The van der Waals surface area contributed by atoms with Gasteiger partial charge in [-0.05, 0) is 13.0 Å². The molecule has 3 nitrogen and oxygen atoms in total. The lowest BCUT2D eigenvalue weighted by Crippen LogP contribution is -2.26. The number of nitrogens with zero attached hydrogens (tertiary/aromatic N) is 1. The molecule has 1 aromatic rings. The molecule has 72 valence electrons. The first-order valence-electron chi connectivity index (χ1n) is 4.79. The molecule has 1 unspecified atom stereocenters. The monoisotopic (exact) mass is 189 g/mol. The van der Waals surface area contributed by atoms with Gasteiger partial charge in [0.25, 0.3) is 0 Å². The highest BCUT2D eigenvalue weighted by Gasteiger charge is 2.38. The fourth-order valence-corrected chi connectivity index (χ4v) is 2.00. The molecule has 0 saturated heterocycles. The Kier molecular flexibility index (Phi) is 1.54. The maximum Gasteiger partial charge on any atom is 0.193 e. The molecule has 0 radical (unpaired) electrons. The third-order valence-electron chi connectivity index (χ3n) is 2.66. The Morgan fingerprint density at radius 3 is 3.14 bits per heavy atom. The number of oxime groups is 1. The lowest BCUT2D eigenvalue weighted by atomic mass is 10.0. The van der Waals surface area contributed by atoms with Crippen molar-refractivity contribution >= 4 is 5.71 Å². The van der Waals surface area contributed by atoms with Crippen molar-refractivity contribution < 1.29 is 9.57 Å². The van der Waals surface area contributed by atoms with E-state index in [1.54, 1.807) is 0 Å². The Labute approximate surface area is 82.3 Å². The molecule has 3 heteroatoms. The van der Waals surface area contributed by atoms with Crippen molar-refractivity contribution in [1.29, 1.82) is 0 Å². The van der Waals surface area contributed by atoms with Gasteiger partial charge in [0, 0.05) is 12.0 Å². The van der Waals surface area contributed by atoms with Gasteiger partial charge in [-0.15, -0.1) is 0 Å². The van der Waals surface area contributed by atoms with Crippen molar-refractivity contribution in [3.63, 3.8) is 0 Å². The summed E-state index contributed by atoms with van der Waals surface area (Å²) < 4.78 is 5.78. The van der Waals surface area contributed by atoms with Gasteiger partial charge in [0.05, 0.1) is 5.71 Å². The third kappa shape index (κ3) is 1.02. The molecule has 0 saturated carbocycles. The third-order valence-corrected chi connectivity index (χ3v) is 2.66. The molecule has 0 spiro atoms. The Morgan fingerprint density at radius 2 is 2.21 bits per heavy atom. The van der Waals surface area contributed by atoms with Crippen LogP contribution in [0, 0.1) is 0 Å². The van der Waals surface area contributed by atoms with E-state index in [4.69, 9.17) is 9.57 Å². The summed E-state index contributed by atoms with van der Waals surface area (Å²) in [6.07, 6.45) is 0.971. The van der Waals surface area contributed by atoms with Crippen LogP contribution in [0.3, 0.4) is 0 Å². The Morgan fingerprint density at radius 1 is 1.36 bits per heavy atom. The van der Waals surface area contributed by atoms with E-state index in [-0.39, 0.29) is 12.2 Å². The number of para-hydroxylation sites is 1. The Hall–Kier alpha value is -1.51. The van der Waals surface area contributed by atoms with Gasteiger partial charge in [0.2, 0.25) is 0 Å². The minimum absolute atomic E-state index is 0.00472. The molecule has 2 heterocycles. The number of rotatable bonds is 0. The second-order valence-corrected chi connectivity index (χ2v) is 3.75. The van der Waals surface area contributed by atoms with Crippen molar-refractivity contribution in [2.45, 2.75) is 25.6 Å². The molecule has 0 bridgehead atoms. The van der Waals surface area contributed by atoms with Crippen molar-refractivity contribution in [3.8, 4) is 5.75 Å². The van der Waals surface area contributed by atoms with Crippen LogP contribution in [-0.4, -0.2) is 11.8 Å². The summed E-state index contributed by atoms with van der Waals surface area (Å²) in [6.45, 7) is 1.96.